The Morgan fingerprint density at radius 3 is 2.53 bits per heavy atom. The average molecular weight is 292 g/mol. The van der Waals surface area contributed by atoms with E-state index in [-0.39, 0.29) is 12.4 Å². The fourth-order valence-electron chi connectivity index (χ4n) is 1.60. The molecule has 0 spiro atoms. The lowest BCUT2D eigenvalue weighted by Crippen LogP contribution is -2.13. The van der Waals surface area contributed by atoms with Gasteiger partial charge in [-0.1, -0.05) is 0 Å². The largest absolute Gasteiger partial charge is 0.416 e. The van der Waals surface area contributed by atoms with Gasteiger partial charge in [-0.15, -0.1) is 12.4 Å². The molecule has 0 atom stereocenters. The zero-order valence-electron chi connectivity index (χ0n) is 9.87. The molecule has 2 aromatic rings. The van der Waals surface area contributed by atoms with Crippen LogP contribution in [0, 0.1) is 0 Å². The molecule has 0 aliphatic carbocycles. The maximum Gasteiger partial charge on any atom is 0.416 e. The summed E-state index contributed by atoms with van der Waals surface area (Å²) in [5.41, 5.74) is 5.19. The highest BCUT2D eigenvalue weighted by molar-refractivity contribution is 5.85. The summed E-state index contributed by atoms with van der Waals surface area (Å²) in [6, 6.07) is 6.73. The van der Waals surface area contributed by atoms with Gasteiger partial charge in [-0.3, -0.25) is 0 Å². The second kappa shape index (κ2) is 6.08. The topological polar surface area (TPSA) is 50.9 Å². The molecule has 3 nitrogen and oxygen atoms in total. The third-order valence-corrected chi connectivity index (χ3v) is 2.47. The second-order valence-electron chi connectivity index (χ2n) is 3.82. The summed E-state index contributed by atoms with van der Waals surface area (Å²) in [6.45, 7) is 1.03. The molecule has 0 bridgehead atoms. The molecule has 104 valence electrons. The summed E-state index contributed by atoms with van der Waals surface area (Å²) in [7, 11) is 0. The van der Waals surface area contributed by atoms with Crippen molar-refractivity contribution in [1.29, 1.82) is 0 Å². The summed E-state index contributed by atoms with van der Waals surface area (Å²) in [6.07, 6.45) is -4.33. The van der Waals surface area contributed by atoms with Crippen LogP contribution in [-0.2, 0) is 6.18 Å². The van der Waals surface area contributed by atoms with Crippen LogP contribution < -0.4 is 11.1 Å². The van der Waals surface area contributed by atoms with Gasteiger partial charge in [0.15, 0.2) is 0 Å². The van der Waals surface area contributed by atoms with Crippen molar-refractivity contribution < 1.29 is 13.2 Å². The molecule has 19 heavy (non-hydrogen) atoms. The van der Waals surface area contributed by atoms with Gasteiger partial charge in [0.05, 0.1) is 11.1 Å². The number of hydrogen-bond acceptors (Lipinski definition) is 3. The van der Waals surface area contributed by atoms with Gasteiger partial charge in [0.25, 0.3) is 0 Å². The Bertz CT molecular complexity index is 557. The van der Waals surface area contributed by atoms with E-state index in [9.17, 15) is 13.2 Å². The number of rotatable bonds is 3. The summed E-state index contributed by atoms with van der Waals surface area (Å²) in [5.74, 6) is 0.604. The van der Waals surface area contributed by atoms with Gasteiger partial charge >= 0.3 is 6.18 Å². The summed E-state index contributed by atoms with van der Waals surface area (Å²) in [4.78, 5) is 4.20. The lowest BCUT2D eigenvalue weighted by atomic mass is 10.1. The third kappa shape index (κ3) is 3.71. The molecule has 7 heteroatoms. The van der Waals surface area contributed by atoms with Crippen molar-refractivity contribution in [2.75, 3.05) is 18.4 Å². The number of alkyl halides is 3. The summed E-state index contributed by atoms with van der Waals surface area (Å²) < 4.78 is 37.5. The zero-order valence-corrected chi connectivity index (χ0v) is 10.7. The number of nitrogens with two attached hydrogens (primary N) is 1. The van der Waals surface area contributed by atoms with Gasteiger partial charge in [-0.25, -0.2) is 4.98 Å². The van der Waals surface area contributed by atoms with Crippen molar-refractivity contribution in [2.24, 2.45) is 5.73 Å². The third-order valence-electron chi connectivity index (χ3n) is 2.47. The second-order valence-corrected chi connectivity index (χ2v) is 3.82. The molecule has 2 rings (SSSR count). The molecule has 3 N–H and O–H groups in total. The minimum atomic E-state index is -4.33. The number of aromatic nitrogens is 1. The molecule has 0 fully saturated rings. The number of halogens is 4. The predicted molar refractivity (Wildman–Crippen MR) is 71.5 cm³/mol. The first kappa shape index (κ1) is 15.5. The van der Waals surface area contributed by atoms with E-state index in [0.717, 1.165) is 12.1 Å². The average Bonchev–Trinajstić information content (AvgIpc) is 2.34. The smallest absolute Gasteiger partial charge is 0.369 e. The van der Waals surface area contributed by atoms with Crippen LogP contribution in [-0.4, -0.2) is 18.1 Å². The van der Waals surface area contributed by atoms with E-state index < -0.39 is 11.7 Å². The number of fused-ring (bicyclic) bond motifs is 1. The number of benzene rings is 1. The minimum Gasteiger partial charge on any atom is -0.369 e. The van der Waals surface area contributed by atoms with E-state index in [4.69, 9.17) is 5.73 Å². The molecule has 0 amide bonds. The fourth-order valence-corrected chi connectivity index (χ4v) is 1.60. The van der Waals surface area contributed by atoms with Crippen LogP contribution in [0.4, 0.5) is 19.0 Å². The number of nitrogens with zero attached hydrogens (tertiary/aromatic N) is 1. The van der Waals surface area contributed by atoms with Gasteiger partial charge < -0.3 is 11.1 Å². The van der Waals surface area contributed by atoms with Gasteiger partial charge in [0.2, 0.25) is 0 Å². The summed E-state index contributed by atoms with van der Waals surface area (Å²) in [5, 5.41) is 3.43. The van der Waals surface area contributed by atoms with Crippen LogP contribution >= 0.6 is 12.4 Å². The Balaban J connectivity index is 0.00000180. The zero-order chi connectivity index (χ0) is 13.2. The molecule has 1 aromatic carbocycles. The monoisotopic (exact) mass is 291 g/mol. The van der Waals surface area contributed by atoms with Crippen LogP contribution in [0.1, 0.15) is 5.56 Å². The van der Waals surface area contributed by atoms with E-state index >= 15 is 0 Å². The van der Waals surface area contributed by atoms with Crippen molar-refractivity contribution in [2.45, 2.75) is 6.18 Å². The SMILES string of the molecule is Cl.NCCNc1ccc2cc(C(F)(F)F)ccc2n1. The molecule has 1 heterocycles. The molecule has 1 aromatic heterocycles. The Labute approximate surface area is 114 Å². The maximum absolute atomic E-state index is 12.5. The standard InChI is InChI=1S/C12H12F3N3.ClH/c13-12(14,15)9-2-3-10-8(7-9)1-4-11(18-10)17-6-5-16;/h1-4,7H,5-6,16H2,(H,17,18);1H. The highest BCUT2D eigenvalue weighted by atomic mass is 35.5. The number of anilines is 1. The lowest BCUT2D eigenvalue weighted by molar-refractivity contribution is -0.137. The van der Waals surface area contributed by atoms with Gasteiger partial charge in [0, 0.05) is 18.5 Å². The van der Waals surface area contributed by atoms with Crippen LogP contribution in [0.5, 0.6) is 0 Å². The Hall–Kier alpha value is -1.53. The number of nitrogens with one attached hydrogen (secondary N) is 1. The highest BCUT2D eigenvalue weighted by Gasteiger charge is 2.30. The lowest BCUT2D eigenvalue weighted by Gasteiger charge is -2.09. The molecular weight excluding hydrogens is 279 g/mol. The van der Waals surface area contributed by atoms with E-state index in [1.165, 1.54) is 6.07 Å². The van der Waals surface area contributed by atoms with E-state index in [1.54, 1.807) is 12.1 Å². The van der Waals surface area contributed by atoms with Gasteiger partial charge in [0.1, 0.15) is 5.82 Å². The van der Waals surface area contributed by atoms with E-state index in [0.29, 0.717) is 29.8 Å². The van der Waals surface area contributed by atoms with Crippen molar-refractivity contribution in [3.63, 3.8) is 0 Å². The van der Waals surface area contributed by atoms with E-state index in [2.05, 4.69) is 10.3 Å². The highest BCUT2D eigenvalue weighted by Crippen LogP contribution is 2.31. The van der Waals surface area contributed by atoms with Gasteiger partial charge in [-0.05, 0) is 30.3 Å². The van der Waals surface area contributed by atoms with Crippen molar-refractivity contribution in [1.82, 2.24) is 4.98 Å². The van der Waals surface area contributed by atoms with Crippen LogP contribution in [0.2, 0.25) is 0 Å². The number of pyridine rings is 1. The minimum absolute atomic E-state index is 0. The number of hydrogen-bond donors (Lipinski definition) is 2. The van der Waals surface area contributed by atoms with E-state index in [1.807, 2.05) is 0 Å². The summed E-state index contributed by atoms with van der Waals surface area (Å²) >= 11 is 0. The maximum atomic E-state index is 12.5. The molecular formula is C12H13ClF3N3. The first-order valence-electron chi connectivity index (χ1n) is 5.42. The van der Waals surface area contributed by atoms with Crippen molar-refractivity contribution in [3.8, 4) is 0 Å². The van der Waals surface area contributed by atoms with Crippen LogP contribution in [0.15, 0.2) is 30.3 Å². The Morgan fingerprint density at radius 1 is 1.16 bits per heavy atom. The van der Waals surface area contributed by atoms with Crippen LogP contribution in [0.3, 0.4) is 0 Å². The Morgan fingerprint density at radius 2 is 1.89 bits per heavy atom. The quantitative estimate of drug-likeness (QED) is 0.914. The molecule has 0 saturated heterocycles. The predicted octanol–water partition coefficient (Wildman–Crippen LogP) is 3.05. The van der Waals surface area contributed by atoms with Crippen molar-refractivity contribution in [3.05, 3.63) is 35.9 Å². The molecule has 0 unspecified atom stereocenters. The van der Waals surface area contributed by atoms with Gasteiger partial charge in [-0.2, -0.15) is 13.2 Å². The Kier molecular flexibility index (Phi) is 4.97. The molecule has 0 aliphatic heterocycles. The first-order chi connectivity index (χ1) is 8.50. The first-order valence-corrected chi connectivity index (χ1v) is 5.42. The molecule has 0 saturated carbocycles. The molecule has 0 aliphatic rings. The normalized spacial score (nSPS) is 11.2. The fraction of sp³-hybridized carbons (Fsp3) is 0.250. The van der Waals surface area contributed by atoms with Crippen molar-refractivity contribution >= 4 is 29.1 Å². The van der Waals surface area contributed by atoms with Crippen LogP contribution in [0.25, 0.3) is 10.9 Å². The molecule has 0 radical (unpaired) electrons.